The fraction of sp³-hybridized carbons (Fsp3) is 0.600. The van der Waals surface area contributed by atoms with Gasteiger partial charge in [-0.3, -0.25) is 0 Å². The van der Waals surface area contributed by atoms with Crippen molar-refractivity contribution in [3.05, 3.63) is 28.8 Å². The van der Waals surface area contributed by atoms with Gasteiger partial charge in [0, 0.05) is 16.6 Å². The first-order valence-corrected chi connectivity index (χ1v) is 6.84. The molecule has 1 aromatic carbocycles. The van der Waals surface area contributed by atoms with Crippen molar-refractivity contribution in [3.63, 3.8) is 0 Å². The number of hydrogen-bond donors (Lipinski definition) is 1. The molecule has 0 aliphatic heterocycles. The summed E-state index contributed by atoms with van der Waals surface area (Å²) in [4.78, 5) is 0. The molecule has 0 bridgehead atoms. The summed E-state index contributed by atoms with van der Waals surface area (Å²) in [6, 6.07) is 6.11. The zero-order chi connectivity index (χ0) is 13.8. The Kier molecular flexibility index (Phi) is 5.48. The van der Waals surface area contributed by atoms with Gasteiger partial charge in [0.1, 0.15) is 5.75 Å². The minimum absolute atomic E-state index is 0.121. The summed E-state index contributed by atoms with van der Waals surface area (Å²) in [6.07, 6.45) is 1.11. The first-order chi connectivity index (χ1) is 8.40. The van der Waals surface area contributed by atoms with Crippen molar-refractivity contribution in [1.29, 1.82) is 0 Å². The van der Waals surface area contributed by atoms with Crippen molar-refractivity contribution in [1.82, 2.24) is 5.32 Å². The third kappa shape index (κ3) is 3.89. The number of nitrogens with one attached hydrogen (secondary N) is 1. The first-order valence-electron chi connectivity index (χ1n) is 6.47. The lowest BCUT2D eigenvalue weighted by atomic mass is 9.82. The Morgan fingerprint density at radius 2 is 2.00 bits per heavy atom. The molecule has 102 valence electrons. The molecule has 0 aromatic heterocycles. The van der Waals surface area contributed by atoms with E-state index in [9.17, 15) is 0 Å². The van der Waals surface area contributed by atoms with Gasteiger partial charge >= 0.3 is 0 Å². The summed E-state index contributed by atoms with van der Waals surface area (Å²) in [7, 11) is 1.69. The largest absolute Gasteiger partial charge is 0.496 e. The molecule has 3 heteroatoms. The van der Waals surface area contributed by atoms with E-state index in [1.165, 1.54) is 5.56 Å². The molecule has 0 saturated carbocycles. The van der Waals surface area contributed by atoms with Crippen LogP contribution in [0.3, 0.4) is 0 Å². The second kappa shape index (κ2) is 6.44. The molecule has 18 heavy (non-hydrogen) atoms. The van der Waals surface area contributed by atoms with Crippen LogP contribution in [0.15, 0.2) is 18.2 Å². The Labute approximate surface area is 116 Å². The summed E-state index contributed by atoms with van der Waals surface area (Å²) < 4.78 is 5.46. The van der Waals surface area contributed by atoms with Gasteiger partial charge in [-0.2, -0.15) is 0 Å². The van der Waals surface area contributed by atoms with Crippen LogP contribution >= 0.6 is 11.6 Å². The molecule has 1 N–H and O–H groups in total. The number of benzene rings is 1. The third-order valence-corrected chi connectivity index (χ3v) is 3.21. The number of methoxy groups -OCH3 is 1. The van der Waals surface area contributed by atoms with E-state index in [-0.39, 0.29) is 11.5 Å². The van der Waals surface area contributed by atoms with Crippen LogP contribution in [-0.2, 0) is 0 Å². The van der Waals surface area contributed by atoms with Crippen LogP contribution in [-0.4, -0.2) is 13.7 Å². The van der Waals surface area contributed by atoms with Crippen molar-refractivity contribution in [3.8, 4) is 5.75 Å². The monoisotopic (exact) mass is 269 g/mol. The molecule has 1 aromatic rings. The van der Waals surface area contributed by atoms with E-state index >= 15 is 0 Å². The summed E-state index contributed by atoms with van der Waals surface area (Å²) in [6.45, 7) is 9.86. The standard InChI is InChI=1S/C15H24ClNO/c1-6-9-17-14(15(2,3)4)12-8-7-11(16)10-13(12)18-5/h7-8,10,14,17H,6,9H2,1-5H3. The Morgan fingerprint density at radius 3 is 2.50 bits per heavy atom. The van der Waals surface area contributed by atoms with Crippen molar-refractivity contribution in [2.75, 3.05) is 13.7 Å². The highest BCUT2D eigenvalue weighted by Gasteiger charge is 2.28. The highest BCUT2D eigenvalue weighted by Crippen LogP contribution is 2.38. The molecule has 0 heterocycles. The molecule has 0 fully saturated rings. The van der Waals surface area contributed by atoms with E-state index in [0.717, 1.165) is 18.7 Å². The average molecular weight is 270 g/mol. The molecular weight excluding hydrogens is 246 g/mol. The summed E-state index contributed by atoms with van der Waals surface area (Å²) in [5.41, 5.74) is 1.29. The lowest BCUT2D eigenvalue weighted by molar-refractivity contribution is 0.265. The molecule has 0 spiro atoms. The van der Waals surface area contributed by atoms with Crippen molar-refractivity contribution in [2.45, 2.75) is 40.2 Å². The summed E-state index contributed by atoms with van der Waals surface area (Å²) in [5.74, 6) is 0.853. The Hall–Kier alpha value is -0.730. The molecule has 0 radical (unpaired) electrons. The number of halogens is 1. The van der Waals surface area contributed by atoms with Crippen LogP contribution < -0.4 is 10.1 Å². The van der Waals surface area contributed by atoms with Gasteiger partial charge in [0.25, 0.3) is 0 Å². The van der Waals surface area contributed by atoms with Crippen LogP contribution in [0.1, 0.15) is 45.7 Å². The normalized spacial score (nSPS) is 13.4. The number of hydrogen-bond acceptors (Lipinski definition) is 2. The van der Waals surface area contributed by atoms with Crippen molar-refractivity contribution < 1.29 is 4.74 Å². The fourth-order valence-corrected chi connectivity index (χ4v) is 2.26. The van der Waals surface area contributed by atoms with Crippen LogP contribution in [0.2, 0.25) is 5.02 Å². The van der Waals surface area contributed by atoms with Crippen LogP contribution in [0, 0.1) is 5.41 Å². The Bertz CT molecular complexity index is 385. The topological polar surface area (TPSA) is 21.3 Å². The van der Waals surface area contributed by atoms with Crippen LogP contribution in [0.25, 0.3) is 0 Å². The van der Waals surface area contributed by atoms with E-state index in [2.05, 4.69) is 39.1 Å². The zero-order valence-electron chi connectivity index (χ0n) is 12.0. The minimum atomic E-state index is 0.121. The average Bonchev–Trinajstić information content (AvgIpc) is 2.29. The Balaban J connectivity index is 3.12. The van der Waals surface area contributed by atoms with Crippen molar-refractivity contribution in [2.24, 2.45) is 5.41 Å². The number of ether oxygens (including phenoxy) is 1. The van der Waals surface area contributed by atoms with Gasteiger partial charge in [-0.15, -0.1) is 0 Å². The molecule has 0 aliphatic carbocycles. The zero-order valence-corrected chi connectivity index (χ0v) is 12.8. The lowest BCUT2D eigenvalue weighted by Crippen LogP contribution is -2.33. The second-order valence-corrected chi connectivity index (χ2v) is 6.08. The molecule has 0 aliphatic rings. The van der Waals surface area contributed by atoms with E-state index < -0.39 is 0 Å². The van der Waals surface area contributed by atoms with E-state index in [1.54, 1.807) is 7.11 Å². The lowest BCUT2D eigenvalue weighted by Gasteiger charge is -2.33. The summed E-state index contributed by atoms with van der Waals surface area (Å²) >= 11 is 6.02. The maximum absolute atomic E-state index is 6.02. The first kappa shape index (κ1) is 15.3. The molecule has 1 unspecified atom stereocenters. The SMILES string of the molecule is CCCNC(c1ccc(Cl)cc1OC)C(C)(C)C. The molecular formula is C15H24ClNO. The van der Waals surface area contributed by atoms with Crippen molar-refractivity contribution >= 4 is 11.6 Å². The minimum Gasteiger partial charge on any atom is -0.496 e. The van der Waals surface area contributed by atoms with E-state index in [1.807, 2.05) is 12.1 Å². The summed E-state index contributed by atoms with van der Waals surface area (Å²) in [5, 5.41) is 4.30. The molecule has 2 nitrogen and oxygen atoms in total. The van der Waals surface area contributed by atoms with Gasteiger partial charge in [0.15, 0.2) is 0 Å². The number of rotatable bonds is 5. The highest BCUT2D eigenvalue weighted by atomic mass is 35.5. The fourth-order valence-electron chi connectivity index (χ4n) is 2.09. The van der Waals surface area contributed by atoms with Crippen LogP contribution in [0.5, 0.6) is 5.75 Å². The van der Waals surface area contributed by atoms with Crippen LogP contribution in [0.4, 0.5) is 0 Å². The van der Waals surface area contributed by atoms with E-state index in [4.69, 9.17) is 16.3 Å². The quantitative estimate of drug-likeness (QED) is 0.854. The second-order valence-electron chi connectivity index (χ2n) is 5.64. The van der Waals surface area contributed by atoms with Gasteiger partial charge in [-0.05, 0) is 30.5 Å². The predicted molar refractivity (Wildman–Crippen MR) is 78.5 cm³/mol. The molecule has 0 amide bonds. The molecule has 0 saturated heterocycles. The van der Waals surface area contributed by atoms with Gasteiger partial charge < -0.3 is 10.1 Å². The Morgan fingerprint density at radius 1 is 1.33 bits per heavy atom. The van der Waals surface area contributed by atoms with Gasteiger partial charge in [0.2, 0.25) is 0 Å². The highest BCUT2D eigenvalue weighted by molar-refractivity contribution is 6.30. The maximum Gasteiger partial charge on any atom is 0.125 e. The smallest absolute Gasteiger partial charge is 0.125 e. The third-order valence-electron chi connectivity index (χ3n) is 2.97. The van der Waals surface area contributed by atoms with Gasteiger partial charge in [0.05, 0.1) is 7.11 Å². The van der Waals surface area contributed by atoms with Gasteiger partial charge in [-0.1, -0.05) is 45.4 Å². The van der Waals surface area contributed by atoms with E-state index in [0.29, 0.717) is 5.02 Å². The maximum atomic E-state index is 6.02. The molecule has 1 atom stereocenters. The molecule has 1 rings (SSSR count). The van der Waals surface area contributed by atoms with Gasteiger partial charge in [-0.25, -0.2) is 0 Å². The predicted octanol–water partition coefficient (Wildman–Crippen LogP) is 4.44.